The van der Waals surface area contributed by atoms with Gasteiger partial charge in [-0.25, -0.2) is 4.39 Å². The highest BCUT2D eigenvalue weighted by Crippen LogP contribution is 2.25. The number of halogens is 3. The van der Waals surface area contributed by atoms with Gasteiger partial charge in [0.15, 0.2) is 0 Å². The van der Waals surface area contributed by atoms with Crippen LogP contribution in [0.4, 0.5) is 4.39 Å². The van der Waals surface area contributed by atoms with Gasteiger partial charge in [0.25, 0.3) is 0 Å². The summed E-state index contributed by atoms with van der Waals surface area (Å²) >= 11 is 6.77. The molecule has 0 spiro atoms. The zero-order valence-corrected chi connectivity index (χ0v) is 14.6. The third kappa shape index (κ3) is 3.90. The van der Waals surface area contributed by atoms with Gasteiger partial charge >= 0.3 is 0 Å². The minimum atomic E-state index is -0.229. The molecule has 0 saturated heterocycles. The molecule has 0 aromatic heterocycles. The minimum Gasteiger partial charge on any atom is -0.313 e. The summed E-state index contributed by atoms with van der Waals surface area (Å²) in [7, 11) is 1.94. The second-order valence-corrected chi connectivity index (χ2v) is 6.63. The van der Waals surface area contributed by atoms with Crippen molar-refractivity contribution in [3.63, 3.8) is 0 Å². The van der Waals surface area contributed by atoms with Crippen LogP contribution >= 0.6 is 31.9 Å². The Kier molecular flexibility index (Phi) is 5.35. The van der Waals surface area contributed by atoms with E-state index >= 15 is 0 Å². The average molecular weight is 401 g/mol. The van der Waals surface area contributed by atoms with Crippen LogP contribution in [0.5, 0.6) is 0 Å². The summed E-state index contributed by atoms with van der Waals surface area (Å²) in [6.07, 6.45) is 0.811. The van der Waals surface area contributed by atoms with Crippen molar-refractivity contribution in [2.75, 3.05) is 7.05 Å². The van der Waals surface area contributed by atoms with Crippen molar-refractivity contribution >= 4 is 31.9 Å². The highest BCUT2D eigenvalue weighted by molar-refractivity contribution is 9.10. The summed E-state index contributed by atoms with van der Waals surface area (Å²) in [6.45, 7) is 2.08. The zero-order valence-electron chi connectivity index (χ0n) is 11.4. The molecule has 1 unspecified atom stereocenters. The summed E-state index contributed by atoms with van der Waals surface area (Å²) in [5.74, 6) is -0.229. The predicted octanol–water partition coefficient (Wildman–Crippen LogP) is 5.16. The first kappa shape index (κ1) is 15.7. The van der Waals surface area contributed by atoms with Crippen LogP contribution in [0.3, 0.4) is 0 Å². The molecule has 2 aromatic carbocycles. The van der Waals surface area contributed by atoms with E-state index in [1.807, 2.05) is 19.2 Å². The van der Waals surface area contributed by atoms with Gasteiger partial charge < -0.3 is 5.32 Å². The molecule has 0 radical (unpaired) electrons. The molecule has 4 heteroatoms. The molecule has 0 bridgehead atoms. The number of benzene rings is 2. The summed E-state index contributed by atoms with van der Waals surface area (Å²) in [5, 5.41) is 3.33. The maximum Gasteiger partial charge on any atom is 0.137 e. The largest absolute Gasteiger partial charge is 0.313 e. The molecule has 0 aliphatic heterocycles. The van der Waals surface area contributed by atoms with Gasteiger partial charge in [0.05, 0.1) is 4.47 Å². The standard InChI is InChI=1S/C16H16Br2FN/c1-10-5-12(9-13(17)6-10)16(20-2)8-11-3-4-15(19)14(18)7-11/h3-7,9,16,20H,8H2,1-2H3. The molecular weight excluding hydrogens is 385 g/mol. The van der Waals surface area contributed by atoms with Crippen molar-refractivity contribution < 1.29 is 4.39 Å². The van der Waals surface area contributed by atoms with Gasteiger partial charge in [0.2, 0.25) is 0 Å². The Hall–Kier alpha value is -0.710. The molecule has 0 heterocycles. The molecule has 1 atom stereocenters. The summed E-state index contributed by atoms with van der Waals surface area (Å²) < 4.78 is 14.9. The predicted molar refractivity (Wildman–Crippen MR) is 88.5 cm³/mol. The quantitative estimate of drug-likeness (QED) is 0.747. The molecule has 20 heavy (non-hydrogen) atoms. The summed E-state index contributed by atoms with van der Waals surface area (Å²) in [4.78, 5) is 0. The molecule has 0 amide bonds. The van der Waals surface area contributed by atoms with E-state index in [1.165, 1.54) is 17.2 Å². The van der Waals surface area contributed by atoms with Crippen LogP contribution in [0.1, 0.15) is 22.7 Å². The molecule has 0 saturated carbocycles. The third-order valence-corrected chi connectivity index (χ3v) is 4.30. The molecule has 1 N–H and O–H groups in total. The molecule has 0 fully saturated rings. The zero-order chi connectivity index (χ0) is 14.7. The van der Waals surface area contributed by atoms with Gasteiger partial charge in [-0.15, -0.1) is 0 Å². The Balaban J connectivity index is 2.26. The van der Waals surface area contributed by atoms with Gasteiger partial charge in [-0.1, -0.05) is 28.1 Å². The molecular formula is C16H16Br2FN. The lowest BCUT2D eigenvalue weighted by Gasteiger charge is -2.18. The van der Waals surface area contributed by atoms with Crippen molar-refractivity contribution in [2.45, 2.75) is 19.4 Å². The highest BCUT2D eigenvalue weighted by atomic mass is 79.9. The molecule has 106 valence electrons. The van der Waals surface area contributed by atoms with Crippen LogP contribution in [0, 0.1) is 12.7 Å². The Morgan fingerprint density at radius 1 is 1.15 bits per heavy atom. The first-order valence-corrected chi connectivity index (χ1v) is 7.96. The first-order valence-electron chi connectivity index (χ1n) is 6.38. The van der Waals surface area contributed by atoms with Crippen molar-refractivity contribution in [2.24, 2.45) is 0 Å². The molecule has 2 rings (SSSR count). The van der Waals surface area contributed by atoms with E-state index in [1.54, 1.807) is 0 Å². The Morgan fingerprint density at radius 3 is 2.50 bits per heavy atom. The summed E-state index contributed by atoms with van der Waals surface area (Å²) in [6, 6.07) is 11.7. The molecule has 0 aliphatic rings. The van der Waals surface area contributed by atoms with Gasteiger partial charge in [-0.2, -0.15) is 0 Å². The van der Waals surface area contributed by atoms with E-state index in [4.69, 9.17) is 0 Å². The highest BCUT2D eigenvalue weighted by Gasteiger charge is 2.12. The first-order chi connectivity index (χ1) is 9.49. The van der Waals surface area contributed by atoms with Crippen molar-refractivity contribution in [3.8, 4) is 0 Å². The SMILES string of the molecule is CNC(Cc1ccc(F)c(Br)c1)c1cc(C)cc(Br)c1. The minimum absolute atomic E-state index is 0.198. The monoisotopic (exact) mass is 399 g/mol. The average Bonchev–Trinajstić information content (AvgIpc) is 2.38. The maximum atomic E-state index is 13.3. The number of aryl methyl sites for hydroxylation is 1. The number of hydrogen-bond donors (Lipinski definition) is 1. The molecule has 2 aromatic rings. The van der Waals surface area contributed by atoms with Crippen LogP contribution < -0.4 is 5.32 Å². The van der Waals surface area contributed by atoms with Gasteiger partial charge in [0.1, 0.15) is 5.82 Å². The van der Waals surface area contributed by atoms with E-state index in [9.17, 15) is 4.39 Å². The lowest BCUT2D eigenvalue weighted by molar-refractivity contribution is 0.587. The van der Waals surface area contributed by atoms with Gasteiger partial charge in [-0.3, -0.25) is 0 Å². The molecule has 0 aliphatic carbocycles. The normalized spacial score (nSPS) is 12.4. The van der Waals surface area contributed by atoms with Gasteiger partial charge in [-0.05, 0) is 77.3 Å². The molecule has 1 nitrogen and oxygen atoms in total. The Bertz CT molecular complexity index is 593. The van der Waals surface area contributed by atoms with Crippen molar-refractivity contribution in [1.29, 1.82) is 0 Å². The van der Waals surface area contributed by atoms with Crippen LogP contribution in [-0.4, -0.2) is 7.05 Å². The van der Waals surface area contributed by atoms with E-state index in [-0.39, 0.29) is 11.9 Å². The van der Waals surface area contributed by atoms with Crippen LogP contribution in [0.15, 0.2) is 45.3 Å². The lowest BCUT2D eigenvalue weighted by atomic mass is 9.98. The number of hydrogen-bond acceptors (Lipinski definition) is 1. The van der Waals surface area contributed by atoms with E-state index < -0.39 is 0 Å². The van der Waals surface area contributed by atoms with Crippen molar-refractivity contribution in [3.05, 3.63) is 67.9 Å². The number of rotatable bonds is 4. The van der Waals surface area contributed by atoms with E-state index in [0.29, 0.717) is 4.47 Å². The fourth-order valence-corrected chi connectivity index (χ4v) is 3.31. The van der Waals surface area contributed by atoms with Crippen LogP contribution in [0.2, 0.25) is 0 Å². The topological polar surface area (TPSA) is 12.0 Å². The van der Waals surface area contributed by atoms with Crippen molar-refractivity contribution in [1.82, 2.24) is 5.32 Å². The fourth-order valence-electron chi connectivity index (χ4n) is 2.25. The number of nitrogens with one attached hydrogen (secondary N) is 1. The smallest absolute Gasteiger partial charge is 0.137 e. The second-order valence-electron chi connectivity index (χ2n) is 4.86. The fraction of sp³-hybridized carbons (Fsp3) is 0.250. The number of likely N-dealkylation sites (N-methyl/N-ethyl adjacent to an activating group) is 1. The Morgan fingerprint density at radius 2 is 1.90 bits per heavy atom. The summed E-state index contributed by atoms with van der Waals surface area (Å²) in [5.41, 5.74) is 3.53. The maximum absolute atomic E-state index is 13.3. The Labute approximate surface area is 135 Å². The second kappa shape index (κ2) is 6.83. The van der Waals surface area contributed by atoms with E-state index in [2.05, 4.69) is 62.3 Å². The third-order valence-electron chi connectivity index (χ3n) is 3.24. The van der Waals surface area contributed by atoms with Crippen LogP contribution in [-0.2, 0) is 6.42 Å². The van der Waals surface area contributed by atoms with Gasteiger partial charge in [0, 0.05) is 10.5 Å². The lowest BCUT2D eigenvalue weighted by Crippen LogP contribution is -2.19. The van der Waals surface area contributed by atoms with E-state index in [0.717, 1.165) is 16.5 Å². The van der Waals surface area contributed by atoms with Crippen LogP contribution in [0.25, 0.3) is 0 Å².